The molecule has 86 valence electrons. The van der Waals surface area contributed by atoms with Crippen LogP contribution in [0.4, 0.5) is 0 Å². The number of aliphatic hydroxyl groups is 1. The Hall–Kier alpha value is -0.650. The number of ether oxygens (including phenoxy) is 1. The van der Waals surface area contributed by atoms with Gasteiger partial charge < -0.3 is 20.5 Å². The van der Waals surface area contributed by atoms with Crippen LogP contribution in [0.2, 0.25) is 0 Å². The van der Waals surface area contributed by atoms with Crippen molar-refractivity contribution in [2.45, 2.75) is 25.0 Å². The van der Waals surface area contributed by atoms with Crippen LogP contribution >= 0.6 is 0 Å². The minimum absolute atomic E-state index is 0.0746. The highest BCUT2D eigenvalue weighted by atomic mass is 16.5. The first kappa shape index (κ1) is 10.9. The van der Waals surface area contributed by atoms with Crippen LogP contribution in [0.5, 0.6) is 0 Å². The number of carbonyl (C=O) groups is 1. The van der Waals surface area contributed by atoms with Gasteiger partial charge in [0.1, 0.15) is 6.04 Å². The van der Waals surface area contributed by atoms with Crippen molar-refractivity contribution in [3.05, 3.63) is 0 Å². The van der Waals surface area contributed by atoms with Crippen LogP contribution in [-0.2, 0) is 9.53 Å². The maximum absolute atomic E-state index is 11.6. The Balaban J connectivity index is 1.66. The van der Waals surface area contributed by atoms with Crippen molar-refractivity contribution < 1.29 is 14.6 Å². The number of rotatable bonds is 4. The monoisotopic (exact) mass is 214 g/mol. The minimum Gasteiger partial charge on any atom is -0.391 e. The number of hydrogen-bond donors (Lipinski definition) is 3. The molecule has 2 unspecified atom stereocenters. The molecule has 0 spiro atoms. The van der Waals surface area contributed by atoms with Gasteiger partial charge in [-0.1, -0.05) is 0 Å². The van der Waals surface area contributed by atoms with E-state index in [0.29, 0.717) is 32.2 Å². The van der Waals surface area contributed by atoms with Crippen molar-refractivity contribution in [1.29, 1.82) is 0 Å². The lowest BCUT2D eigenvalue weighted by Gasteiger charge is -2.23. The summed E-state index contributed by atoms with van der Waals surface area (Å²) in [4.78, 5) is 11.6. The Kier molecular flexibility index (Phi) is 3.56. The topological polar surface area (TPSA) is 70.6 Å². The molecule has 1 saturated heterocycles. The summed E-state index contributed by atoms with van der Waals surface area (Å²) in [7, 11) is 0. The summed E-state index contributed by atoms with van der Waals surface area (Å²) in [6.07, 6.45) is 1.79. The normalized spacial score (nSPS) is 28.5. The van der Waals surface area contributed by atoms with Gasteiger partial charge in [-0.3, -0.25) is 4.79 Å². The lowest BCUT2D eigenvalue weighted by Crippen LogP contribution is -2.52. The molecule has 1 heterocycles. The summed E-state index contributed by atoms with van der Waals surface area (Å²) in [6.45, 7) is 2.16. The number of nitrogens with one attached hydrogen (secondary N) is 2. The average Bonchev–Trinajstić information content (AvgIpc) is 3.10. The predicted molar refractivity (Wildman–Crippen MR) is 54.4 cm³/mol. The molecule has 3 N–H and O–H groups in total. The van der Waals surface area contributed by atoms with Crippen molar-refractivity contribution >= 4 is 5.91 Å². The Morgan fingerprint density at radius 2 is 2.40 bits per heavy atom. The van der Waals surface area contributed by atoms with E-state index in [-0.39, 0.29) is 18.1 Å². The molecule has 5 nitrogen and oxygen atoms in total. The first-order chi connectivity index (χ1) is 7.27. The molecule has 0 aromatic rings. The van der Waals surface area contributed by atoms with Crippen LogP contribution in [0.1, 0.15) is 12.8 Å². The molecular formula is C10H18N2O3. The zero-order chi connectivity index (χ0) is 10.7. The molecule has 1 saturated carbocycles. The standard InChI is InChI=1S/C10H18N2O3/c13-9(7-1-2-7)5-12-10(14)8-6-15-4-3-11-8/h7-9,11,13H,1-6H2,(H,12,14). The van der Waals surface area contributed by atoms with Crippen LogP contribution in [0.25, 0.3) is 0 Å². The van der Waals surface area contributed by atoms with Crippen LogP contribution < -0.4 is 10.6 Å². The Labute approximate surface area is 89.2 Å². The predicted octanol–water partition coefficient (Wildman–Crippen LogP) is -1.14. The molecule has 2 aliphatic rings. The van der Waals surface area contributed by atoms with Crippen LogP contribution in [0.3, 0.4) is 0 Å². The minimum atomic E-state index is -0.376. The molecule has 2 rings (SSSR count). The van der Waals surface area contributed by atoms with E-state index in [1.807, 2.05) is 0 Å². The summed E-state index contributed by atoms with van der Waals surface area (Å²) in [6, 6.07) is -0.259. The highest BCUT2D eigenvalue weighted by molar-refractivity contribution is 5.82. The van der Waals surface area contributed by atoms with Crippen molar-refractivity contribution in [3.63, 3.8) is 0 Å². The van der Waals surface area contributed by atoms with Gasteiger partial charge in [0, 0.05) is 13.1 Å². The fourth-order valence-corrected chi connectivity index (χ4v) is 1.71. The van der Waals surface area contributed by atoms with E-state index in [1.54, 1.807) is 0 Å². The van der Waals surface area contributed by atoms with Gasteiger partial charge in [-0.25, -0.2) is 0 Å². The number of morpholine rings is 1. The van der Waals surface area contributed by atoms with E-state index in [9.17, 15) is 9.90 Å². The third kappa shape index (κ3) is 3.15. The summed E-state index contributed by atoms with van der Waals surface area (Å²) < 4.78 is 5.18. The number of aliphatic hydroxyl groups excluding tert-OH is 1. The molecule has 2 atom stereocenters. The third-order valence-corrected chi connectivity index (χ3v) is 2.89. The van der Waals surface area contributed by atoms with E-state index in [2.05, 4.69) is 10.6 Å². The van der Waals surface area contributed by atoms with Gasteiger partial charge in [-0.15, -0.1) is 0 Å². The second kappa shape index (κ2) is 4.92. The molecule has 2 fully saturated rings. The molecule has 1 amide bonds. The third-order valence-electron chi connectivity index (χ3n) is 2.89. The summed E-state index contributed by atoms with van der Waals surface area (Å²) in [5.41, 5.74) is 0. The number of carbonyl (C=O) groups excluding carboxylic acids is 1. The van der Waals surface area contributed by atoms with Gasteiger partial charge in [0.2, 0.25) is 5.91 Å². The second-order valence-corrected chi connectivity index (χ2v) is 4.23. The van der Waals surface area contributed by atoms with Gasteiger partial charge >= 0.3 is 0 Å². The summed E-state index contributed by atoms with van der Waals surface area (Å²) in [5, 5.41) is 15.4. The fraction of sp³-hybridized carbons (Fsp3) is 0.900. The van der Waals surface area contributed by atoms with Crippen molar-refractivity contribution in [2.24, 2.45) is 5.92 Å². The molecule has 0 aromatic heterocycles. The average molecular weight is 214 g/mol. The van der Waals surface area contributed by atoms with Gasteiger partial charge in [-0.05, 0) is 18.8 Å². The SMILES string of the molecule is O=C(NCC(O)C1CC1)C1COCCN1. The molecule has 1 aliphatic heterocycles. The largest absolute Gasteiger partial charge is 0.391 e. The Morgan fingerprint density at radius 1 is 1.60 bits per heavy atom. The molecule has 1 aliphatic carbocycles. The molecule has 5 heteroatoms. The van der Waals surface area contributed by atoms with Crippen molar-refractivity contribution in [2.75, 3.05) is 26.3 Å². The number of amides is 1. The quantitative estimate of drug-likeness (QED) is 0.553. The van der Waals surface area contributed by atoms with Gasteiger partial charge in [0.05, 0.1) is 19.3 Å². The van der Waals surface area contributed by atoms with E-state index < -0.39 is 0 Å². The van der Waals surface area contributed by atoms with Crippen molar-refractivity contribution in [3.8, 4) is 0 Å². The van der Waals surface area contributed by atoms with Crippen LogP contribution in [0.15, 0.2) is 0 Å². The molecule has 15 heavy (non-hydrogen) atoms. The van der Waals surface area contributed by atoms with Gasteiger partial charge in [-0.2, -0.15) is 0 Å². The highest BCUT2D eigenvalue weighted by Crippen LogP contribution is 2.32. The van der Waals surface area contributed by atoms with Crippen LogP contribution in [-0.4, -0.2) is 49.5 Å². The van der Waals surface area contributed by atoms with E-state index in [0.717, 1.165) is 12.8 Å². The maximum atomic E-state index is 11.6. The van der Waals surface area contributed by atoms with E-state index in [1.165, 1.54) is 0 Å². The summed E-state index contributed by atoms with van der Waals surface area (Å²) >= 11 is 0. The van der Waals surface area contributed by atoms with E-state index in [4.69, 9.17) is 4.74 Å². The van der Waals surface area contributed by atoms with E-state index >= 15 is 0 Å². The molecular weight excluding hydrogens is 196 g/mol. The second-order valence-electron chi connectivity index (χ2n) is 4.23. The summed E-state index contributed by atoms with van der Waals surface area (Å²) in [5.74, 6) is 0.329. The zero-order valence-corrected chi connectivity index (χ0v) is 8.74. The lowest BCUT2D eigenvalue weighted by molar-refractivity contribution is -0.126. The smallest absolute Gasteiger partial charge is 0.239 e. The van der Waals surface area contributed by atoms with Crippen LogP contribution in [0, 0.1) is 5.92 Å². The molecule has 0 bridgehead atoms. The number of hydrogen-bond acceptors (Lipinski definition) is 4. The first-order valence-electron chi connectivity index (χ1n) is 5.54. The fourth-order valence-electron chi connectivity index (χ4n) is 1.71. The first-order valence-corrected chi connectivity index (χ1v) is 5.54. The molecule has 0 radical (unpaired) electrons. The van der Waals surface area contributed by atoms with Crippen molar-refractivity contribution in [1.82, 2.24) is 10.6 Å². The Morgan fingerprint density at radius 3 is 3.00 bits per heavy atom. The maximum Gasteiger partial charge on any atom is 0.239 e. The van der Waals surface area contributed by atoms with Gasteiger partial charge in [0.25, 0.3) is 0 Å². The molecule has 0 aromatic carbocycles. The lowest BCUT2D eigenvalue weighted by atomic mass is 10.2. The zero-order valence-electron chi connectivity index (χ0n) is 8.74. The highest BCUT2D eigenvalue weighted by Gasteiger charge is 2.30. The Bertz CT molecular complexity index is 225. The van der Waals surface area contributed by atoms with Gasteiger partial charge in [0.15, 0.2) is 0 Å².